The number of ether oxygens (including phenoxy) is 1. The second-order valence-corrected chi connectivity index (χ2v) is 6.01. The molecule has 0 saturated carbocycles. The maximum Gasteiger partial charge on any atom is 0.133 e. The highest BCUT2D eigenvalue weighted by molar-refractivity contribution is 7.99. The van der Waals surface area contributed by atoms with Gasteiger partial charge in [0.15, 0.2) is 0 Å². The van der Waals surface area contributed by atoms with E-state index in [1.165, 1.54) is 10.5 Å². The molecular weight excluding hydrogens is 276 g/mol. The van der Waals surface area contributed by atoms with Crippen LogP contribution in [0.4, 0.5) is 0 Å². The lowest BCUT2D eigenvalue weighted by atomic mass is 10.0. The van der Waals surface area contributed by atoms with E-state index in [2.05, 4.69) is 31.2 Å². The third-order valence-corrected chi connectivity index (χ3v) is 4.85. The Morgan fingerprint density at radius 2 is 1.89 bits per heavy atom. The number of hydrogen-bond donors (Lipinski definition) is 0. The molecule has 0 radical (unpaired) electrons. The van der Waals surface area contributed by atoms with E-state index in [4.69, 9.17) is 16.3 Å². The molecule has 1 aliphatic heterocycles. The fourth-order valence-corrected chi connectivity index (χ4v) is 3.93. The molecular formula is C16H15ClOS. The predicted molar refractivity (Wildman–Crippen MR) is 80.5 cm³/mol. The zero-order valence-electron chi connectivity index (χ0n) is 10.7. The summed E-state index contributed by atoms with van der Waals surface area (Å²) in [5.41, 5.74) is 2.34. The fourth-order valence-electron chi connectivity index (χ4n) is 2.23. The fraction of sp³-hybridized carbons (Fsp3) is 0.250. The van der Waals surface area contributed by atoms with Crippen LogP contribution in [0.1, 0.15) is 29.8 Å². The second kappa shape index (κ2) is 5.48. The molecule has 19 heavy (non-hydrogen) atoms. The Bertz CT molecular complexity index is 597. The van der Waals surface area contributed by atoms with Crippen LogP contribution >= 0.6 is 23.4 Å². The topological polar surface area (TPSA) is 9.23 Å². The number of alkyl halides is 1. The van der Waals surface area contributed by atoms with Gasteiger partial charge < -0.3 is 4.74 Å². The van der Waals surface area contributed by atoms with Crippen LogP contribution in [0.15, 0.2) is 52.3 Å². The van der Waals surface area contributed by atoms with Gasteiger partial charge in [-0.05, 0) is 29.7 Å². The highest BCUT2D eigenvalue weighted by atomic mass is 35.5. The molecule has 98 valence electrons. The van der Waals surface area contributed by atoms with E-state index in [1.54, 1.807) is 11.8 Å². The quantitative estimate of drug-likeness (QED) is 0.712. The molecule has 0 aromatic heterocycles. The van der Waals surface area contributed by atoms with Crippen molar-refractivity contribution in [3.05, 3.63) is 53.6 Å². The lowest BCUT2D eigenvalue weighted by Crippen LogP contribution is -2.05. The van der Waals surface area contributed by atoms with E-state index < -0.39 is 0 Å². The number of rotatable bonds is 3. The van der Waals surface area contributed by atoms with E-state index in [0.717, 1.165) is 29.2 Å². The first-order valence-corrected chi connectivity index (χ1v) is 7.73. The van der Waals surface area contributed by atoms with E-state index in [9.17, 15) is 0 Å². The summed E-state index contributed by atoms with van der Waals surface area (Å²) in [7, 11) is 0. The second-order valence-electron chi connectivity index (χ2n) is 4.53. The average Bonchev–Trinajstić information content (AvgIpc) is 2.46. The van der Waals surface area contributed by atoms with E-state index in [1.807, 2.05) is 18.2 Å². The Morgan fingerprint density at radius 1 is 1.11 bits per heavy atom. The molecule has 2 aromatic carbocycles. The Kier molecular flexibility index (Phi) is 3.72. The number of fused-ring (bicyclic) bond motifs is 2. The summed E-state index contributed by atoms with van der Waals surface area (Å²) in [6.07, 6.45) is 1.01. The molecule has 0 amide bonds. The van der Waals surface area contributed by atoms with Crippen molar-refractivity contribution in [3.63, 3.8) is 0 Å². The summed E-state index contributed by atoms with van der Waals surface area (Å²) in [6, 6.07) is 14.5. The summed E-state index contributed by atoms with van der Waals surface area (Å²) in [5.74, 6) is 0.949. The van der Waals surface area contributed by atoms with Gasteiger partial charge >= 0.3 is 0 Å². The molecule has 0 fully saturated rings. The van der Waals surface area contributed by atoms with Gasteiger partial charge in [0.1, 0.15) is 5.75 Å². The van der Waals surface area contributed by atoms with Crippen LogP contribution in [0.2, 0.25) is 0 Å². The molecule has 1 aliphatic rings. The van der Waals surface area contributed by atoms with Gasteiger partial charge in [-0.25, -0.2) is 0 Å². The smallest absolute Gasteiger partial charge is 0.133 e. The molecule has 1 unspecified atom stereocenters. The Morgan fingerprint density at radius 3 is 2.74 bits per heavy atom. The summed E-state index contributed by atoms with van der Waals surface area (Å²) in [6.45, 7) is 2.85. The van der Waals surface area contributed by atoms with Gasteiger partial charge in [-0.3, -0.25) is 0 Å². The minimum absolute atomic E-state index is 0.0855. The van der Waals surface area contributed by atoms with Gasteiger partial charge in [0.05, 0.1) is 16.9 Å². The highest BCUT2D eigenvalue weighted by Gasteiger charge is 2.26. The summed E-state index contributed by atoms with van der Waals surface area (Å²) >= 11 is 8.37. The first-order chi connectivity index (χ1) is 9.31. The van der Waals surface area contributed by atoms with Crippen LogP contribution in [0, 0.1) is 0 Å². The minimum Gasteiger partial charge on any atom is -0.492 e. The molecule has 0 spiro atoms. The van der Waals surface area contributed by atoms with Crippen LogP contribution in [-0.4, -0.2) is 6.61 Å². The van der Waals surface area contributed by atoms with Crippen molar-refractivity contribution in [3.8, 4) is 5.75 Å². The number of benzene rings is 2. The van der Waals surface area contributed by atoms with E-state index >= 15 is 0 Å². The van der Waals surface area contributed by atoms with Crippen LogP contribution in [-0.2, 0) is 0 Å². The first-order valence-electron chi connectivity index (χ1n) is 6.48. The average molecular weight is 291 g/mol. The van der Waals surface area contributed by atoms with Crippen molar-refractivity contribution >= 4 is 23.4 Å². The Hall–Kier alpha value is -1.12. The SMILES string of the molecule is CCCOc1cccc2c1Sc1ccccc1C2Cl. The molecule has 0 aliphatic carbocycles. The van der Waals surface area contributed by atoms with Gasteiger partial charge in [0.25, 0.3) is 0 Å². The largest absolute Gasteiger partial charge is 0.492 e. The Labute approximate surface area is 122 Å². The van der Waals surface area contributed by atoms with Crippen LogP contribution in [0.25, 0.3) is 0 Å². The molecule has 1 atom stereocenters. The van der Waals surface area contributed by atoms with Crippen molar-refractivity contribution in [1.82, 2.24) is 0 Å². The molecule has 3 heteroatoms. The van der Waals surface area contributed by atoms with Crippen molar-refractivity contribution in [2.45, 2.75) is 28.5 Å². The Balaban J connectivity index is 2.04. The molecule has 0 N–H and O–H groups in total. The maximum absolute atomic E-state index is 6.61. The van der Waals surface area contributed by atoms with Gasteiger partial charge in [0.2, 0.25) is 0 Å². The molecule has 2 aromatic rings. The van der Waals surface area contributed by atoms with Crippen molar-refractivity contribution < 1.29 is 4.74 Å². The number of hydrogen-bond acceptors (Lipinski definition) is 2. The zero-order valence-corrected chi connectivity index (χ0v) is 12.3. The van der Waals surface area contributed by atoms with Crippen molar-refractivity contribution in [1.29, 1.82) is 0 Å². The summed E-state index contributed by atoms with van der Waals surface area (Å²) < 4.78 is 5.84. The minimum atomic E-state index is -0.0855. The van der Waals surface area contributed by atoms with E-state index in [-0.39, 0.29) is 5.38 Å². The molecule has 1 heterocycles. The molecule has 0 bridgehead atoms. The monoisotopic (exact) mass is 290 g/mol. The van der Waals surface area contributed by atoms with Crippen LogP contribution in [0.5, 0.6) is 5.75 Å². The summed E-state index contributed by atoms with van der Waals surface area (Å²) in [4.78, 5) is 2.39. The van der Waals surface area contributed by atoms with Gasteiger partial charge in [-0.1, -0.05) is 49.0 Å². The van der Waals surface area contributed by atoms with E-state index in [0.29, 0.717) is 0 Å². The van der Waals surface area contributed by atoms with Crippen molar-refractivity contribution in [2.75, 3.05) is 6.61 Å². The van der Waals surface area contributed by atoms with Crippen LogP contribution in [0.3, 0.4) is 0 Å². The lowest BCUT2D eigenvalue weighted by molar-refractivity contribution is 0.309. The molecule has 1 nitrogen and oxygen atoms in total. The van der Waals surface area contributed by atoms with Crippen molar-refractivity contribution in [2.24, 2.45) is 0 Å². The first kappa shape index (κ1) is 12.9. The molecule has 0 saturated heterocycles. The van der Waals surface area contributed by atoms with Crippen LogP contribution < -0.4 is 4.74 Å². The third-order valence-electron chi connectivity index (χ3n) is 3.15. The highest BCUT2D eigenvalue weighted by Crippen LogP contribution is 2.50. The normalized spacial score (nSPS) is 16.6. The predicted octanol–water partition coefficient (Wildman–Crippen LogP) is 5.27. The third kappa shape index (κ3) is 2.35. The molecule has 3 rings (SSSR count). The van der Waals surface area contributed by atoms with Gasteiger partial charge in [0, 0.05) is 4.90 Å². The lowest BCUT2D eigenvalue weighted by Gasteiger charge is -2.25. The standard InChI is InChI=1S/C16H15ClOS/c1-2-10-18-13-8-5-7-12-15(17)11-6-3-4-9-14(11)19-16(12)13/h3-9,15H,2,10H2,1H3. The zero-order chi connectivity index (χ0) is 13.2. The van der Waals surface area contributed by atoms with Gasteiger partial charge in [-0.2, -0.15) is 0 Å². The van der Waals surface area contributed by atoms with Gasteiger partial charge in [-0.15, -0.1) is 11.6 Å². The maximum atomic E-state index is 6.61. The summed E-state index contributed by atoms with van der Waals surface area (Å²) in [5, 5.41) is -0.0855. The number of halogens is 1.